The maximum absolute atomic E-state index is 12.3. The molecule has 1 aliphatic rings. The lowest BCUT2D eigenvalue weighted by atomic mass is 10.0. The van der Waals surface area contributed by atoms with Crippen molar-refractivity contribution < 1.29 is 4.79 Å². The van der Waals surface area contributed by atoms with Crippen LogP contribution in [-0.2, 0) is 11.3 Å². The summed E-state index contributed by atoms with van der Waals surface area (Å²) in [6.07, 6.45) is 0. The van der Waals surface area contributed by atoms with Crippen molar-refractivity contribution in [1.82, 2.24) is 5.32 Å². The van der Waals surface area contributed by atoms with Crippen LogP contribution in [-0.4, -0.2) is 12.5 Å². The Morgan fingerprint density at radius 2 is 2.10 bits per heavy atom. The highest BCUT2D eigenvalue weighted by molar-refractivity contribution is 9.10. The van der Waals surface area contributed by atoms with Crippen LogP contribution in [0.25, 0.3) is 0 Å². The fourth-order valence-electron chi connectivity index (χ4n) is 2.48. The number of carbonyl (C=O) groups excluding carboxylic acids is 1. The lowest BCUT2D eigenvalue weighted by molar-refractivity contribution is -0.122. The maximum Gasteiger partial charge on any atom is 0.229 e. The molecule has 0 spiro atoms. The van der Waals surface area contributed by atoms with E-state index >= 15 is 0 Å². The first-order valence-electron chi connectivity index (χ1n) is 6.59. The minimum absolute atomic E-state index is 0.0717. The SMILES string of the molecule is O=C(NCc1cccc(Br)c1)C1CNc2ccccc21. The first kappa shape index (κ1) is 13.2. The van der Waals surface area contributed by atoms with Gasteiger partial charge < -0.3 is 10.6 Å². The zero-order valence-electron chi connectivity index (χ0n) is 10.9. The van der Waals surface area contributed by atoms with Crippen LogP contribution in [0.3, 0.4) is 0 Å². The number of rotatable bonds is 3. The van der Waals surface area contributed by atoms with E-state index in [0.29, 0.717) is 13.1 Å². The van der Waals surface area contributed by atoms with Gasteiger partial charge in [-0.25, -0.2) is 0 Å². The predicted octanol–water partition coefficient (Wildman–Crippen LogP) is 3.27. The molecule has 0 saturated carbocycles. The average Bonchev–Trinajstić information content (AvgIpc) is 2.89. The second-order valence-electron chi connectivity index (χ2n) is 4.87. The number of nitrogens with one attached hydrogen (secondary N) is 2. The van der Waals surface area contributed by atoms with Crippen LogP contribution < -0.4 is 10.6 Å². The number of benzene rings is 2. The van der Waals surface area contributed by atoms with Gasteiger partial charge in [-0.3, -0.25) is 4.79 Å². The molecule has 0 bridgehead atoms. The Hall–Kier alpha value is -1.81. The summed E-state index contributed by atoms with van der Waals surface area (Å²) in [4.78, 5) is 12.3. The summed E-state index contributed by atoms with van der Waals surface area (Å²) in [7, 11) is 0. The van der Waals surface area contributed by atoms with Crippen molar-refractivity contribution in [1.29, 1.82) is 0 Å². The first-order chi connectivity index (χ1) is 9.74. The smallest absolute Gasteiger partial charge is 0.229 e. The minimum Gasteiger partial charge on any atom is -0.384 e. The number of halogens is 1. The van der Waals surface area contributed by atoms with E-state index < -0.39 is 0 Å². The Morgan fingerprint density at radius 3 is 2.95 bits per heavy atom. The highest BCUT2D eigenvalue weighted by atomic mass is 79.9. The van der Waals surface area contributed by atoms with E-state index in [1.54, 1.807) is 0 Å². The Labute approximate surface area is 126 Å². The van der Waals surface area contributed by atoms with Crippen LogP contribution in [0, 0.1) is 0 Å². The summed E-state index contributed by atoms with van der Waals surface area (Å²) in [6.45, 7) is 1.22. The van der Waals surface area contributed by atoms with Crippen molar-refractivity contribution in [3.63, 3.8) is 0 Å². The summed E-state index contributed by atoms with van der Waals surface area (Å²) in [5, 5.41) is 6.28. The molecule has 0 aromatic heterocycles. The standard InChI is InChI=1S/C16H15BrN2O/c17-12-5-3-4-11(8-12)9-19-16(20)14-10-18-15-7-2-1-6-13(14)15/h1-8,14,18H,9-10H2,(H,19,20). The Kier molecular flexibility index (Phi) is 3.74. The summed E-state index contributed by atoms with van der Waals surface area (Å²) in [6, 6.07) is 15.9. The molecule has 4 heteroatoms. The molecule has 3 nitrogen and oxygen atoms in total. The predicted molar refractivity (Wildman–Crippen MR) is 83.7 cm³/mol. The number of hydrogen-bond donors (Lipinski definition) is 2. The van der Waals surface area contributed by atoms with Crippen molar-refractivity contribution in [2.24, 2.45) is 0 Å². The Balaban J connectivity index is 1.66. The molecule has 0 aliphatic carbocycles. The third-order valence-electron chi connectivity index (χ3n) is 3.51. The van der Waals surface area contributed by atoms with Crippen molar-refractivity contribution >= 4 is 27.5 Å². The number of amides is 1. The van der Waals surface area contributed by atoms with E-state index in [-0.39, 0.29) is 11.8 Å². The lowest BCUT2D eigenvalue weighted by Crippen LogP contribution is -2.29. The van der Waals surface area contributed by atoms with Crippen LogP contribution in [0.4, 0.5) is 5.69 Å². The molecule has 102 valence electrons. The first-order valence-corrected chi connectivity index (χ1v) is 7.38. The van der Waals surface area contributed by atoms with Gasteiger partial charge in [0.05, 0.1) is 5.92 Å². The van der Waals surface area contributed by atoms with Crippen LogP contribution in [0.1, 0.15) is 17.0 Å². The van der Waals surface area contributed by atoms with Gasteiger partial charge in [0.2, 0.25) is 5.91 Å². The quantitative estimate of drug-likeness (QED) is 0.906. The van der Waals surface area contributed by atoms with Gasteiger partial charge in [-0.15, -0.1) is 0 Å². The zero-order valence-corrected chi connectivity index (χ0v) is 12.5. The van der Waals surface area contributed by atoms with Crippen molar-refractivity contribution in [2.75, 3.05) is 11.9 Å². The molecule has 0 fully saturated rings. The van der Waals surface area contributed by atoms with Gasteiger partial charge in [0.15, 0.2) is 0 Å². The molecular formula is C16H15BrN2O. The van der Waals surface area contributed by atoms with E-state index in [4.69, 9.17) is 0 Å². The van der Waals surface area contributed by atoms with Gasteiger partial charge in [-0.1, -0.05) is 46.3 Å². The van der Waals surface area contributed by atoms with E-state index in [1.165, 1.54) is 0 Å². The zero-order chi connectivity index (χ0) is 13.9. The van der Waals surface area contributed by atoms with Crippen molar-refractivity contribution in [3.05, 3.63) is 64.1 Å². The molecule has 2 aromatic carbocycles. The normalized spacial score (nSPS) is 16.4. The number of para-hydroxylation sites is 1. The molecule has 1 aliphatic heterocycles. The van der Waals surface area contributed by atoms with Gasteiger partial charge >= 0.3 is 0 Å². The summed E-state index contributed by atoms with van der Waals surface area (Å²) >= 11 is 3.43. The highest BCUT2D eigenvalue weighted by Gasteiger charge is 2.27. The average molecular weight is 331 g/mol. The van der Waals surface area contributed by atoms with Crippen molar-refractivity contribution in [3.8, 4) is 0 Å². The number of carbonyl (C=O) groups is 1. The van der Waals surface area contributed by atoms with E-state index in [2.05, 4.69) is 26.6 Å². The molecule has 2 N–H and O–H groups in total. The van der Waals surface area contributed by atoms with Gasteiger partial charge in [0.1, 0.15) is 0 Å². The summed E-state index contributed by atoms with van der Waals surface area (Å²) in [5.74, 6) is -0.0271. The Bertz CT molecular complexity index is 642. The minimum atomic E-state index is -0.0987. The van der Waals surface area contributed by atoms with Gasteiger partial charge in [0.25, 0.3) is 0 Å². The molecule has 3 rings (SSSR count). The molecule has 1 unspecified atom stereocenters. The second-order valence-corrected chi connectivity index (χ2v) is 5.78. The largest absolute Gasteiger partial charge is 0.384 e. The number of hydrogen-bond acceptors (Lipinski definition) is 2. The fraction of sp³-hybridized carbons (Fsp3) is 0.188. The van der Waals surface area contributed by atoms with Crippen molar-refractivity contribution in [2.45, 2.75) is 12.5 Å². The number of fused-ring (bicyclic) bond motifs is 1. The van der Waals surface area contributed by atoms with E-state index in [0.717, 1.165) is 21.3 Å². The van der Waals surface area contributed by atoms with Crippen LogP contribution in [0.5, 0.6) is 0 Å². The Morgan fingerprint density at radius 1 is 1.25 bits per heavy atom. The third-order valence-corrected chi connectivity index (χ3v) is 4.00. The monoisotopic (exact) mass is 330 g/mol. The molecule has 2 aromatic rings. The summed E-state index contributed by atoms with van der Waals surface area (Å²) < 4.78 is 1.03. The third kappa shape index (κ3) is 2.70. The molecule has 1 heterocycles. The molecule has 20 heavy (non-hydrogen) atoms. The van der Waals surface area contributed by atoms with E-state index in [9.17, 15) is 4.79 Å². The topological polar surface area (TPSA) is 41.1 Å². The maximum atomic E-state index is 12.3. The van der Waals surface area contributed by atoms with Gasteiger partial charge in [-0.2, -0.15) is 0 Å². The number of anilines is 1. The lowest BCUT2D eigenvalue weighted by Gasteiger charge is -2.11. The van der Waals surface area contributed by atoms with Crippen LogP contribution in [0.2, 0.25) is 0 Å². The molecule has 1 amide bonds. The highest BCUT2D eigenvalue weighted by Crippen LogP contribution is 2.31. The molecule has 0 radical (unpaired) electrons. The fourth-order valence-corrected chi connectivity index (χ4v) is 2.92. The molecular weight excluding hydrogens is 316 g/mol. The van der Waals surface area contributed by atoms with Crippen LogP contribution >= 0.6 is 15.9 Å². The van der Waals surface area contributed by atoms with E-state index in [1.807, 2.05) is 48.5 Å². The second kappa shape index (κ2) is 5.67. The van der Waals surface area contributed by atoms with Crippen LogP contribution in [0.15, 0.2) is 53.0 Å². The van der Waals surface area contributed by atoms with Gasteiger partial charge in [0, 0.05) is 23.2 Å². The van der Waals surface area contributed by atoms with Gasteiger partial charge in [-0.05, 0) is 29.3 Å². The molecule has 0 saturated heterocycles. The summed E-state index contributed by atoms with van der Waals surface area (Å²) in [5.41, 5.74) is 3.24. The molecule has 1 atom stereocenters.